The van der Waals surface area contributed by atoms with E-state index < -0.39 is 0 Å². The Balaban J connectivity index is 1.96. The van der Waals surface area contributed by atoms with Crippen molar-refractivity contribution in [3.05, 3.63) is 41.5 Å². The normalized spacial score (nSPS) is 11.8. The summed E-state index contributed by atoms with van der Waals surface area (Å²) < 4.78 is 5.24. The molecule has 4 nitrogen and oxygen atoms in total. The molecule has 2 aromatic rings. The van der Waals surface area contributed by atoms with Gasteiger partial charge in [-0.1, -0.05) is 38.1 Å². The maximum absolute atomic E-state index is 8.98. The maximum Gasteiger partial charge on any atom is 0.237 e. The van der Waals surface area contributed by atoms with Crippen LogP contribution in [0.2, 0.25) is 0 Å². The van der Waals surface area contributed by atoms with Gasteiger partial charge in [0.15, 0.2) is 5.82 Å². The molecular formula is C14H18N2O2S. The van der Waals surface area contributed by atoms with E-state index in [9.17, 15) is 0 Å². The molecule has 1 heterocycles. The van der Waals surface area contributed by atoms with Crippen LogP contribution in [0.4, 0.5) is 0 Å². The van der Waals surface area contributed by atoms with Gasteiger partial charge in [0.1, 0.15) is 0 Å². The Kier molecular flexibility index (Phi) is 4.27. The third-order valence-electron chi connectivity index (χ3n) is 2.61. The number of thioether (sulfide) groups is 1. The van der Waals surface area contributed by atoms with Gasteiger partial charge in [0, 0.05) is 10.3 Å². The molecule has 0 aliphatic rings. The lowest BCUT2D eigenvalue weighted by molar-refractivity contribution is 0.282. The summed E-state index contributed by atoms with van der Waals surface area (Å²) in [4.78, 5) is 5.51. The number of aromatic nitrogens is 2. The lowest BCUT2D eigenvalue weighted by Crippen LogP contribution is -2.13. The predicted molar refractivity (Wildman–Crippen MR) is 74.9 cm³/mol. The van der Waals surface area contributed by atoms with E-state index >= 15 is 0 Å². The van der Waals surface area contributed by atoms with E-state index in [1.807, 2.05) is 24.3 Å². The number of aliphatic hydroxyl groups excluding tert-OH is 1. The molecule has 1 aromatic carbocycles. The average molecular weight is 278 g/mol. The Hall–Kier alpha value is -1.33. The lowest BCUT2D eigenvalue weighted by Gasteiger charge is -2.10. The van der Waals surface area contributed by atoms with E-state index in [4.69, 9.17) is 9.63 Å². The monoisotopic (exact) mass is 278 g/mol. The minimum Gasteiger partial charge on any atom is -0.392 e. The van der Waals surface area contributed by atoms with Crippen molar-refractivity contribution in [3.8, 4) is 0 Å². The zero-order chi connectivity index (χ0) is 13.9. The molecule has 5 heteroatoms. The number of hydrogen-bond donors (Lipinski definition) is 1. The first-order valence-electron chi connectivity index (χ1n) is 6.15. The Morgan fingerprint density at radius 2 is 1.89 bits per heavy atom. The van der Waals surface area contributed by atoms with Crippen molar-refractivity contribution in [3.63, 3.8) is 0 Å². The molecule has 0 bridgehead atoms. The van der Waals surface area contributed by atoms with Crippen LogP contribution in [0, 0.1) is 0 Å². The zero-order valence-corrected chi connectivity index (χ0v) is 12.2. The van der Waals surface area contributed by atoms with Crippen LogP contribution in [0.1, 0.15) is 38.0 Å². The van der Waals surface area contributed by atoms with Crippen LogP contribution in [-0.2, 0) is 17.8 Å². The molecule has 2 rings (SSSR count). The van der Waals surface area contributed by atoms with Crippen molar-refractivity contribution in [2.24, 2.45) is 0 Å². The minimum absolute atomic E-state index is 0.0730. The molecule has 0 saturated heterocycles. The quantitative estimate of drug-likeness (QED) is 0.871. The van der Waals surface area contributed by atoms with E-state index in [-0.39, 0.29) is 12.0 Å². The van der Waals surface area contributed by atoms with Crippen LogP contribution >= 0.6 is 11.8 Å². The van der Waals surface area contributed by atoms with Crippen LogP contribution in [0.5, 0.6) is 0 Å². The highest BCUT2D eigenvalue weighted by Crippen LogP contribution is 2.24. The van der Waals surface area contributed by atoms with E-state index in [1.165, 1.54) is 0 Å². The second-order valence-corrected chi connectivity index (χ2v) is 6.40. The summed E-state index contributed by atoms with van der Waals surface area (Å²) in [6.45, 7) is 6.25. The van der Waals surface area contributed by atoms with Crippen molar-refractivity contribution in [2.45, 2.75) is 43.4 Å². The van der Waals surface area contributed by atoms with Crippen LogP contribution in [0.15, 0.2) is 33.7 Å². The SMILES string of the molecule is CC(C)(C)c1noc(CSc2ccc(CO)cc2)n1. The second kappa shape index (κ2) is 5.75. The number of aliphatic hydroxyl groups is 1. The summed E-state index contributed by atoms with van der Waals surface area (Å²) in [6.07, 6.45) is 0. The smallest absolute Gasteiger partial charge is 0.237 e. The zero-order valence-electron chi connectivity index (χ0n) is 11.4. The molecule has 0 saturated carbocycles. The van der Waals surface area contributed by atoms with Gasteiger partial charge in [-0.05, 0) is 17.7 Å². The Morgan fingerprint density at radius 3 is 2.42 bits per heavy atom. The molecule has 0 fully saturated rings. The molecule has 0 amide bonds. The van der Waals surface area contributed by atoms with Gasteiger partial charge in [-0.2, -0.15) is 4.98 Å². The van der Waals surface area contributed by atoms with E-state index in [0.717, 1.165) is 16.3 Å². The highest BCUT2D eigenvalue weighted by atomic mass is 32.2. The van der Waals surface area contributed by atoms with Crippen LogP contribution in [0.25, 0.3) is 0 Å². The van der Waals surface area contributed by atoms with Crippen LogP contribution in [-0.4, -0.2) is 15.2 Å². The minimum atomic E-state index is -0.0881. The molecule has 0 spiro atoms. The molecule has 19 heavy (non-hydrogen) atoms. The highest BCUT2D eigenvalue weighted by Gasteiger charge is 2.20. The summed E-state index contributed by atoms with van der Waals surface area (Å²) in [6, 6.07) is 7.79. The van der Waals surface area contributed by atoms with Gasteiger partial charge in [0.2, 0.25) is 5.89 Å². The number of nitrogens with zero attached hydrogens (tertiary/aromatic N) is 2. The second-order valence-electron chi connectivity index (χ2n) is 5.35. The summed E-state index contributed by atoms with van der Waals surface area (Å²) in [5.41, 5.74) is 0.826. The first-order valence-corrected chi connectivity index (χ1v) is 7.13. The number of benzene rings is 1. The molecule has 0 unspecified atom stereocenters. The fourth-order valence-electron chi connectivity index (χ4n) is 1.45. The van der Waals surface area contributed by atoms with Crippen molar-refractivity contribution in [1.29, 1.82) is 0 Å². The van der Waals surface area contributed by atoms with Crippen molar-refractivity contribution >= 4 is 11.8 Å². The molecule has 102 valence electrons. The van der Waals surface area contributed by atoms with Gasteiger partial charge in [0.05, 0.1) is 12.4 Å². The fourth-order valence-corrected chi connectivity index (χ4v) is 2.19. The van der Waals surface area contributed by atoms with Gasteiger partial charge in [-0.15, -0.1) is 11.8 Å². The summed E-state index contributed by atoms with van der Waals surface area (Å²) in [5, 5.41) is 13.0. The van der Waals surface area contributed by atoms with E-state index in [0.29, 0.717) is 11.6 Å². The van der Waals surface area contributed by atoms with Gasteiger partial charge in [-0.3, -0.25) is 0 Å². The first kappa shape index (κ1) is 14.1. The summed E-state index contributed by atoms with van der Waals surface area (Å²) in [5.74, 6) is 2.03. The third kappa shape index (κ3) is 3.81. The van der Waals surface area contributed by atoms with E-state index in [2.05, 4.69) is 30.9 Å². The van der Waals surface area contributed by atoms with Crippen molar-refractivity contribution < 1.29 is 9.63 Å². The maximum atomic E-state index is 8.98. The van der Waals surface area contributed by atoms with Crippen LogP contribution < -0.4 is 0 Å². The number of hydrogen-bond acceptors (Lipinski definition) is 5. The van der Waals surface area contributed by atoms with Crippen LogP contribution in [0.3, 0.4) is 0 Å². The lowest BCUT2D eigenvalue weighted by atomic mass is 9.96. The molecule has 0 aliphatic carbocycles. The Bertz CT molecular complexity index is 529. The van der Waals surface area contributed by atoms with Gasteiger partial charge in [0.25, 0.3) is 0 Å². The largest absolute Gasteiger partial charge is 0.392 e. The average Bonchev–Trinajstić information content (AvgIpc) is 2.86. The summed E-state index contributed by atoms with van der Waals surface area (Å²) >= 11 is 1.64. The molecule has 1 N–H and O–H groups in total. The van der Waals surface area contributed by atoms with Gasteiger partial charge >= 0.3 is 0 Å². The highest BCUT2D eigenvalue weighted by molar-refractivity contribution is 7.98. The van der Waals surface area contributed by atoms with Crippen molar-refractivity contribution in [2.75, 3.05) is 0 Å². The molecule has 0 aliphatic heterocycles. The van der Waals surface area contributed by atoms with Gasteiger partial charge in [-0.25, -0.2) is 0 Å². The molecular weight excluding hydrogens is 260 g/mol. The topological polar surface area (TPSA) is 59.2 Å². The molecule has 0 radical (unpaired) electrons. The third-order valence-corrected chi connectivity index (χ3v) is 3.60. The summed E-state index contributed by atoms with van der Waals surface area (Å²) in [7, 11) is 0. The Labute approximate surface area is 117 Å². The predicted octanol–water partition coefficient (Wildman–Crippen LogP) is 3.15. The number of rotatable bonds is 4. The Morgan fingerprint density at radius 1 is 1.21 bits per heavy atom. The van der Waals surface area contributed by atoms with Gasteiger partial charge < -0.3 is 9.63 Å². The standard InChI is InChI=1S/C14H18N2O2S/c1-14(2,3)13-15-12(18-16-13)9-19-11-6-4-10(8-17)5-7-11/h4-7,17H,8-9H2,1-3H3. The van der Waals surface area contributed by atoms with Crippen molar-refractivity contribution in [1.82, 2.24) is 10.1 Å². The fraction of sp³-hybridized carbons (Fsp3) is 0.429. The first-order chi connectivity index (χ1) is 8.99. The molecule has 0 atom stereocenters. The van der Waals surface area contributed by atoms with E-state index in [1.54, 1.807) is 11.8 Å². The molecule has 1 aromatic heterocycles.